The van der Waals surface area contributed by atoms with Gasteiger partial charge in [0.1, 0.15) is 5.65 Å². The molecule has 26 heavy (non-hydrogen) atoms. The topological polar surface area (TPSA) is 84.5 Å². The van der Waals surface area contributed by atoms with Gasteiger partial charge in [-0.1, -0.05) is 0 Å². The minimum absolute atomic E-state index is 0.186. The maximum absolute atomic E-state index is 12.8. The summed E-state index contributed by atoms with van der Waals surface area (Å²) in [6, 6.07) is 5.41. The van der Waals surface area contributed by atoms with Gasteiger partial charge in [0.25, 0.3) is 5.91 Å². The molecular formula is C19H23N5O2. The molecule has 0 saturated heterocycles. The normalized spacial score (nSPS) is 22.8. The van der Waals surface area contributed by atoms with Gasteiger partial charge in [-0.05, 0) is 50.8 Å². The molecule has 2 N–H and O–H groups in total. The Morgan fingerprint density at radius 1 is 1.35 bits per heavy atom. The Morgan fingerprint density at radius 3 is 2.96 bits per heavy atom. The summed E-state index contributed by atoms with van der Waals surface area (Å²) >= 11 is 0. The first-order chi connectivity index (χ1) is 12.5. The molecule has 1 aliphatic carbocycles. The Hall–Kier alpha value is -2.67. The summed E-state index contributed by atoms with van der Waals surface area (Å²) in [6.07, 6.45) is 6.39. The van der Waals surface area contributed by atoms with Gasteiger partial charge in [-0.3, -0.25) is 9.48 Å². The fourth-order valence-electron chi connectivity index (χ4n) is 3.91. The third-order valence-corrected chi connectivity index (χ3v) is 5.13. The summed E-state index contributed by atoms with van der Waals surface area (Å²) in [5, 5.41) is 17.6. The molecule has 1 aliphatic rings. The van der Waals surface area contributed by atoms with Gasteiger partial charge in [0.05, 0.1) is 17.7 Å². The fourth-order valence-corrected chi connectivity index (χ4v) is 3.91. The molecule has 0 bridgehead atoms. The fraction of sp³-hybridized carbons (Fsp3) is 0.421. The van der Waals surface area contributed by atoms with E-state index in [1.54, 1.807) is 12.3 Å². The van der Waals surface area contributed by atoms with Crippen LogP contribution in [0.4, 0.5) is 0 Å². The second-order valence-electron chi connectivity index (χ2n) is 7.17. The van der Waals surface area contributed by atoms with Crippen molar-refractivity contribution in [2.45, 2.75) is 45.4 Å². The van der Waals surface area contributed by atoms with Gasteiger partial charge in [-0.25, -0.2) is 4.98 Å². The van der Waals surface area contributed by atoms with Crippen molar-refractivity contribution in [2.75, 3.05) is 0 Å². The second kappa shape index (κ2) is 6.57. The van der Waals surface area contributed by atoms with Crippen molar-refractivity contribution < 1.29 is 9.90 Å². The van der Waals surface area contributed by atoms with Crippen LogP contribution >= 0.6 is 0 Å². The van der Waals surface area contributed by atoms with E-state index in [0.29, 0.717) is 23.5 Å². The molecule has 7 heteroatoms. The first-order valence-electron chi connectivity index (χ1n) is 8.93. The maximum atomic E-state index is 12.8. The van der Waals surface area contributed by atoms with E-state index in [1.165, 1.54) is 0 Å². The molecule has 3 heterocycles. The highest BCUT2D eigenvalue weighted by molar-refractivity contribution is 6.00. The van der Waals surface area contributed by atoms with Crippen LogP contribution in [0.15, 0.2) is 36.8 Å². The molecule has 1 saturated carbocycles. The van der Waals surface area contributed by atoms with Crippen LogP contribution in [-0.4, -0.2) is 42.3 Å². The van der Waals surface area contributed by atoms with Crippen LogP contribution in [0.25, 0.3) is 5.65 Å². The van der Waals surface area contributed by atoms with Gasteiger partial charge < -0.3 is 14.8 Å². The molecule has 3 aromatic rings. The zero-order chi connectivity index (χ0) is 18.3. The number of aliphatic hydroxyl groups excluding tert-OH is 1. The van der Waals surface area contributed by atoms with Crippen LogP contribution in [0.5, 0.6) is 0 Å². The molecular weight excluding hydrogens is 330 g/mol. The molecule has 1 amide bonds. The Morgan fingerprint density at radius 2 is 2.19 bits per heavy atom. The number of aliphatic hydroxyl groups is 1. The van der Waals surface area contributed by atoms with E-state index in [4.69, 9.17) is 0 Å². The number of carbonyl (C=O) groups excluding carboxylic acids is 1. The number of aryl methyl sites for hydroxylation is 2. The highest BCUT2D eigenvalue weighted by Gasteiger charge is 2.34. The molecule has 0 aromatic carbocycles. The Labute approximate surface area is 151 Å². The number of amides is 1. The second-order valence-corrected chi connectivity index (χ2v) is 7.17. The van der Waals surface area contributed by atoms with Crippen molar-refractivity contribution in [1.29, 1.82) is 0 Å². The smallest absolute Gasteiger partial charge is 0.255 e. The van der Waals surface area contributed by atoms with E-state index in [1.807, 2.05) is 47.5 Å². The quantitative estimate of drug-likeness (QED) is 0.748. The lowest BCUT2D eigenvalue weighted by atomic mass is 10.1. The van der Waals surface area contributed by atoms with Crippen molar-refractivity contribution in [3.63, 3.8) is 0 Å². The standard InChI is InChI=1S/C19H23N5O2/c1-12-8-13(2)24-7-4-15(18(24)21-12)19(26)22-16-9-14(10-17(16)25)11-23-6-3-5-20-23/h3-8,14,16-17,25H,9-11H2,1-2H3,(H,22,26)/t14?,16-,17-/m1/s1. The summed E-state index contributed by atoms with van der Waals surface area (Å²) in [6.45, 7) is 4.66. The summed E-state index contributed by atoms with van der Waals surface area (Å²) in [5.41, 5.74) is 3.11. The largest absolute Gasteiger partial charge is 0.391 e. The van der Waals surface area contributed by atoms with E-state index >= 15 is 0 Å². The lowest BCUT2D eigenvalue weighted by molar-refractivity contribution is 0.0874. The van der Waals surface area contributed by atoms with E-state index < -0.39 is 6.10 Å². The number of aromatic nitrogens is 4. The molecule has 3 atom stereocenters. The number of fused-ring (bicyclic) bond motifs is 1. The number of rotatable bonds is 4. The number of hydrogen-bond acceptors (Lipinski definition) is 4. The first kappa shape index (κ1) is 16.8. The minimum Gasteiger partial charge on any atom is -0.391 e. The first-order valence-corrected chi connectivity index (χ1v) is 8.93. The van der Waals surface area contributed by atoms with Gasteiger partial charge in [0, 0.05) is 36.5 Å². The Bertz CT molecular complexity index is 931. The van der Waals surface area contributed by atoms with E-state index in [9.17, 15) is 9.90 Å². The van der Waals surface area contributed by atoms with Gasteiger partial charge in [-0.2, -0.15) is 5.10 Å². The van der Waals surface area contributed by atoms with Crippen molar-refractivity contribution in [2.24, 2.45) is 5.92 Å². The van der Waals surface area contributed by atoms with Crippen LogP contribution in [0.3, 0.4) is 0 Å². The third kappa shape index (κ3) is 3.10. The lowest BCUT2D eigenvalue weighted by Gasteiger charge is -2.16. The van der Waals surface area contributed by atoms with Crippen LogP contribution in [0, 0.1) is 19.8 Å². The number of hydrogen-bond donors (Lipinski definition) is 2. The lowest BCUT2D eigenvalue weighted by Crippen LogP contribution is -2.39. The predicted molar refractivity (Wildman–Crippen MR) is 96.9 cm³/mol. The monoisotopic (exact) mass is 353 g/mol. The Balaban J connectivity index is 1.48. The van der Waals surface area contributed by atoms with Gasteiger partial charge in [-0.15, -0.1) is 0 Å². The molecule has 0 aliphatic heterocycles. The maximum Gasteiger partial charge on any atom is 0.255 e. The summed E-state index contributed by atoms with van der Waals surface area (Å²) in [7, 11) is 0. The SMILES string of the molecule is Cc1cc(C)n2ccc(C(=O)N[C@@H]3CC(Cn4cccn4)C[C@H]3O)c2n1. The molecule has 1 unspecified atom stereocenters. The molecule has 1 fully saturated rings. The molecule has 0 spiro atoms. The van der Waals surface area contributed by atoms with Crippen molar-refractivity contribution in [1.82, 2.24) is 24.5 Å². The molecule has 136 valence electrons. The summed E-state index contributed by atoms with van der Waals surface area (Å²) < 4.78 is 3.78. The van der Waals surface area contributed by atoms with E-state index in [2.05, 4.69) is 15.4 Å². The number of nitrogens with one attached hydrogen (secondary N) is 1. The molecule has 7 nitrogen and oxygen atoms in total. The third-order valence-electron chi connectivity index (χ3n) is 5.13. The predicted octanol–water partition coefficient (Wildman–Crippen LogP) is 1.72. The van der Waals surface area contributed by atoms with Crippen LogP contribution in [0.1, 0.15) is 34.6 Å². The van der Waals surface area contributed by atoms with Crippen LogP contribution in [-0.2, 0) is 6.54 Å². The zero-order valence-corrected chi connectivity index (χ0v) is 15.0. The van der Waals surface area contributed by atoms with E-state index in [-0.39, 0.29) is 11.9 Å². The van der Waals surface area contributed by atoms with Crippen LogP contribution in [0.2, 0.25) is 0 Å². The van der Waals surface area contributed by atoms with Gasteiger partial charge in [0.15, 0.2) is 0 Å². The zero-order valence-electron chi connectivity index (χ0n) is 15.0. The number of carbonyl (C=O) groups is 1. The molecule has 3 aromatic heterocycles. The van der Waals surface area contributed by atoms with Crippen molar-refractivity contribution >= 4 is 11.6 Å². The van der Waals surface area contributed by atoms with Crippen molar-refractivity contribution in [3.8, 4) is 0 Å². The summed E-state index contributed by atoms with van der Waals surface area (Å²) in [5.74, 6) is 0.109. The number of nitrogens with zero attached hydrogens (tertiary/aromatic N) is 4. The highest BCUT2D eigenvalue weighted by atomic mass is 16.3. The Kier molecular flexibility index (Phi) is 4.24. The minimum atomic E-state index is -0.537. The van der Waals surface area contributed by atoms with Gasteiger partial charge in [0.2, 0.25) is 0 Å². The average Bonchev–Trinajstić information content (AvgIpc) is 3.29. The van der Waals surface area contributed by atoms with Crippen LogP contribution < -0.4 is 5.32 Å². The average molecular weight is 353 g/mol. The highest BCUT2D eigenvalue weighted by Crippen LogP contribution is 2.28. The van der Waals surface area contributed by atoms with E-state index in [0.717, 1.165) is 24.4 Å². The summed E-state index contributed by atoms with van der Waals surface area (Å²) in [4.78, 5) is 17.3. The molecule has 4 rings (SSSR count). The van der Waals surface area contributed by atoms with Crippen molar-refractivity contribution in [3.05, 3.63) is 53.7 Å². The van der Waals surface area contributed by atoms with Gasteiger partial charge >= 0.3 is 0 Å². The molecule has 0 radical (unpaired) electrons.